The second-order valence-electron chi connectivity index (χ2n) is 10.2. The summed E-state index contributed by atoms with van der Waals surface area (Å²) in [6.45, 7) is 5.75. The fourth-order valence-electron chi connectivity index (χ4n) is 6.61. The molecule has 1 N–H and O–H groups in total. The van der Waals surface area contributed by atoms with Gasteiger partial charge in [0, 0.05) is 22.3 Å². The van der Waals surface area contributed by atoms with E-state index in [1.807, 2.05) is 30.3 Å². The van der Waals surface area contributed by atoms with E-state index in [1.54, 1.807) is 0 Å². The van der Waals surface area contributed by atoms with Crippen molar-refractivity contribution in [3.63, 3.8) is 0 Å². The maximum atomic E-state index is 13.7. The summed E-state index contributed by atoms with van der Waals surface area (Å²) >= 11 is 0. The zero-order valence-corrected chi connectivity index (χ0v) is 19.2. The number of carbonyl (C=O) groups excluding carboxylic acids is 2. The fourth-order valence-corrected chi connectivity index (χ4v) is 6.61. The smallest absolute Gasteiger partial charge is 0.194 e. The van der Waals surface area contributed by atoms with Crippen LogP contribution < -0.4 is 5.06 Å². The average Bonchev–Trinajstić information content (AvgIpc) is 3.33. The number of fused-ring (bicyclic) bond motifs is 2. The molecule has 5 rings (SSSR count). The number of hydroxylamine groups is 2. The van der Waals surface area contributed by atoms with Gasteiger partial charge in [-0.15, -0.1) is 0 Å². The van der Waals surface area contributed by atoms with Gasteiger partial charge < -0.3 is 10.3 Å². The van der Waals surface area contributed by atoms with Crippen molar-refractivity contribution in [1.29, 1.82) is 0 Å². The topological polar surface area (TPSA) is 61.6 Å². The molecule has 1 atom stereocenters. The number of hydrogen-bond acceptors (Lipinski definition) is 3. The molecule has 0 radical (unpaired) electrons. The summed E-state index contributed by atoms with van der Waals surface area (Å²) in [6, 6.07) is 11.6. The maximum Gasteiger partial charge on any atom is 0.194 e. The molecule has 0 spiro atoms. The lowest BCUT2D eigenvalue weighted by molar-refractivity contribution is -0.918. The fraction of sp³-hybridized carbons (Fsp3) is 0.500. The molecule has 0 aromatic heterocycles. The summed E-state index contributed by atoms with van der Waals surface area (Å²) in [5.41, 5.74) is 4.59. The van der Waals surface area contributed by atoms with Crippen LogP contribution in [0.3, 0.4) is 0 Å². The van der Waals surface area contributed by atoms with Crippen molar-refractivity contribution >= 4 is 11.6 Å². The summed E-state index contributed by atoms with van der Waals surface area (Å²) in [7, 11) is 0. The lowest BCUT2D eigenvalue weighted by Gasteiger charge is -2.52. The van der Waals surface area contributed by atoms with Crippen molar-refractivity contribution in [2.45, 2.75) is 64.7 Å². The molecule has 32 heavy (non-hydrogen) atoms. The van der Waals surface area contributed by atoms with Gasteiger partial charge in [0.15, 0.2) is 11.6 Å². The predicted octanol–water partition coefficient (Wildman–Crippen LogP) is 4.48. The van der Waals surface area contributed by atoms with Gasteiger partial charge in [0.2, 0.25) is 0 Å². The Morgan fingerprint density at radius 2 is 1.75 bits per heavy atom. The second kappa shape index (κ2) is 8.24. The molecule has 3 aliphatic rings. The highest BCUT2D eigenvalue weighted by Gasteiger charge is 2.48. The first kappa shape index (κ1) is 21.5. The summed E-state index contributed by atoms with van der Waals surface area (Å²) in [5, 5.41) is 12.2. The molecule has 2 aromatic rings. The minimum absolute atomic E-state index is 0.0102. The average molecular weight is 432 g/mol. The Morgan fingerprint density at radius 3 is 2.41 bits per heavy atom. The maximum absolute atomic E-state index is 13.7. The van der Waals surface area contributed by atoms with E-state index in [-0.39, 0.29) is 17.0 Å². The highest BCUT2D eigenvalue weighted by atomic mass is 16.5. The molecular formula is C28H33NO3. The predicted molar refractivity (Wildman–Crippen MR) is 125 cm³/mol. The van der Waals surface area contributed by atoms with E-state index in [1.165, 1.54) is 12.8 Å². The molecule has 1 aliphatic heterocycles. The van der Waals surface area contributed by atoms with Gasteiger partial charge in [-0.3, -0.25) is 9.59 Å². The Hall–Kier alpha value is -2.30. The van der Waals surface area contributed by atoms with Crippen molar-refractivity contribution in [2.24, 2.45) is 11.3 Å². The van der Waals surface area contributed by atoms with Gasteiger partial charge in [0.05, 0.1) is 18.5 Å². The van der Waals surface area contributed by atoms with Crippen molar-refractivity contribution in [1.82, 2.24) is 0 Å². The minimum atomic E-state index is -0.0253. The van der Waals surface area contributed by atoms with E-state index >= 15 is 0 Å². The lowest BCUT2D eigenvalue weighted by atomic mass is 9.65. The van der Waals surface area contributed by atoms with E-state index in [4.69, 9.17) is 0 Å². The number of benzene rings is 2. The number of ketones is 2. The molecule has 1 saturated carbocycles. The zero-order valence-electron chi connectivity index (χ0n) is 19.2. The molecular weight excluding hydrogens is 398 g/mol. The van der Waals surface area contributed by atoms with Crippen LogP contribution in [0.2, 0.25) is 0 Å². The normalized spacial score (nSPS) is 25.9. The Kier molecular flexibility index (Phi) is 5.55. The molecule has 1 heterocycles. The Labute approximate surface area is 190 Å². The third kappa shape index (κ3) is 3.36. The van der Waals surface area contributed by atoms with Crippen LogP contribution in [0, 0.1) is 16.5 Å². The highest BCUT2D eigenvalue weighted by Crippen LogP contribution is 2.41. The van der Waals surface area contributed by atoms with Gasteiger partial charge >= 0.3 is 0 Å². The lowest BCUT2D eigenvalue weighted by Crippen LogP contribution is -3.18. The van der Waals surface area contributed by atoms with Crippen LogP contribution >= 0.6 is 0 Å². The summed E-state index contributed by atoms with van der Waals surface area (Å²) in [6.07, 6.45) is 7.46. The third-order valence-electron chi connectivity index (χ3n) is 8.58. The van der Waals surface area contributed by atoms with Crippen LogP contribution in [-0.4, -0.2) is 24.7 Å². The first-order chi connectivity index (χ1) is 15.5. The van der Waals surface area contributed by atoms with E-state index in [9.17, 15) is 14.8 Å². The summed E-state index contributed by atoms with van der Waals surface area (Å²) in [4.78, 5) is 27.0. The third-order valence-corrected chi connectivity index (χ3v) is 8.58. The quantitative estimate of drug-likeness (QED) is 0.586. The largest absolute Gasteiger partial charge is 0.634 e. The van der Waals surface area contributed by atoms with Gasteiger partial charge in [0.1, 0.15) is 0 Å². The van der Waals surface area contributed by atoms with Gasteiger partial charge in [-0.05, 0) is 54.7 Å². The monoisotopic (exact) mass is 431 g/mol. The number of rotatable bonds is 6. The van der Waals surface area contributed by atoms with Crippen molar-refractivity contribution in [2.75, 3.05) is 13.1 Å². The van der Waals surface area contributed by atoms with Gasteiger partial charge in [-0.2, -0.15) is 0 Å². The van der Waals surface area contributed by atoms with E-state index in [0.717, 1.165) is 43.2 Å². The number of carbonyl (C=O) groups is 2. The van der Waals surface area contributed by atoms with Crippen molar-refractivity contribution < 1.29 is 14.7 Å². The van der Waals surface area contributed by atoms with Crippen LogP contribution in [0.5, 0.6) is 0 Å². The second-order valence-corrected chi connectivity index (χ2v) is 10.2. The first-order valence-corrected chi connectivity index (χ1v) is 12.3. The van der Waals surface area contributed by atoms with Gasteiger partial charge in [0.25, 0.3) is 0 Å². The Morgan fingerprint density at radius 1 is 1.00 bits per heavy atom. The molecule has 2 aromatic carbocycles. The molecule has 2 aliphatic carbocycles. The zero-order chi connectivity index (χ0) is 22.5. The Balaban J connectivity index is 1.49. The van der Waals surface area contributed by atoms with Crippen LogP contribution in [0.4, 0.5) is 0 Å². The molecule has 168 valence electrons. The first-order valence-electron chi connectivity index (χ1n) is 12.3. The summed E-state index contributed by atoms with van der Waals surface area (Å²) in [5.74, 6) is 0.786. The number of quaternary nitrogens is 1. The highest BCUT2D eigenvalue weighted by molar-refractivity contribution is 6.29. The molecule has 2 fully saturated rings. The molecule has 1 saturated heterocycles. The standard InChI is InChI=1S/C28H33NO3/c1-3-20(28(4-2)16-29(32)17-28)14-18-12-13-22-24(15-18)27(31)25-21(19-8-5-6-9-19)10-7-11-23(25)26(22)30/h7,10-13,15,19-20,29H,3-6,8-9,14,16-17H2,1-2H3. The summed E-state index contributed by atoms with van der Waals surface area (Å²) < 4.78 is 0. The molecule has 0 bridgehead atoms. The molecule has 0 amide bonds. The van der Waals surface area contributed by atoms with Crippen LogP contribution in [-0.2, 0) is 6.42 Å². The van der Waals surface area contributed by atoms with Gasteiger partial charge in [-0.1, -0.05) is 63.4 Å². The van der Waals surface area contributed by atoms with Gasteiger partial charge in [-0.25, -0.2) is 0 Å². The number of nitrogens with one attached hydrogen (secondary N) is 1. The van der Waals surface area contributed by atoms with E-state index in [0.29, 0.717) is 52.2 Å². The van der Waals surface area contributed by atoms with Crippen LogP contribution in [0.1, 0.15) is 101 Å². The van der Waals surface area contributed by atoms with Crippen LogP contribution in [0.25, 0.3) is 0 Å². The molecule has 4 heteroatoms. The minimum Gasteiger partial charge on any atom is -0.634 e. The van der Waals surface area contributed by atoms with E-state index < -0.39 is 0 Å². The van der Waals surface area contributed by atoms with Crippen molar-refractivity contribution in [3.8, 4) is 0 Å². The molecule has 1 unspecified atom stereocenters. The van der Waals surface area contributed by atoms with Crippen molar-refractivity contribution in [3.05, 3.63) is 75.0 Å². The van der Waals surface area contributed by atoms with Crippen LogP contribution in [0.15, 0.2) is 36.4 Å². The Bertz CT molecular complexity index is 1060. The molecule has 4 nitrogen and oxygen atoms in total. The SMILES string of the molecule is CCC(Cc1ccc2c(c1)C(=O)c1c(cccc1C1CCCC1)C2=O)C1(CC)C[NH+]([O-])C1. The number of hydrogen-bond donors (Lipinski definition) is 1. The van der Waals surface area contributed by atoms with E-state index in [2.05, 4.69) is 19.9 Å².